The van der Waals surface area contributed by atoms with Gasteiger partial charge in [0.1, 0.15) is 5.60 Å². The third kappa shape index (κ3) is 2.20. The maximum atomic E-state index is 10.6. The lowest BCUT2D eigenvalue weighted by Crippen LogP contribution is -2.21. The lowest BCUT2D eigenvalue weighted by atomic mass is 9.93. The van der Waals surface area contributed by atoms with E-state index in [1.54, 1.807) is 37.3 Å². The average molecular weight is 264 g/mol. The first-order chi connectivity index (χ1) is 8.05. The molecule has 1 heterocycles. The van der Waals surface area contributed by atoms with Crippen LogP contribution in [0.5, 0.6) is 0 Å². The standard InChI is InChI=1S/C13H10ClNOS/c1-13(16,12-11(14)5-6-17-12)10-4-2-3-9(7-10)8-15/h2-7,16H,1H3. The van der Waals surface area contributed by atoms with Crippen molar-refractivity contribution < 1.29 is 5.11 Å². The van der Waals surface area contributed by atoms with Gasteiger partial charge in [0.05, 0.1) is 21.5 Å². The van der Waals surface area contributed by atoms with Crippen LogP contribution in [0.4, 0.5) is 0 Å². The predicted molar refractivity (Wildman–Crippen MR) is 69.2 cm³/mol. The molecular weight excluding hydrogens is 254 g/mol. The summed E-state index contributed by atoms with van der Waals surface area (Å²) < 4.78 is 0. The molecule has 0 aliphatic carbocycles. The minimum absolute atomic E-state index is 0.524. The van der Waals surface area contributed by atoms with Gasteiger partial charge < -0.3 is 5.11 Å². The van der Waals surface area contributed by atoms with E-state index in [0.29, 0.717) is 21.0 Å². The van der Waals surface area contributed by atoms with Gasteiger partial charge in [-0.3, -0.25) is 0 Å². The zero-order chi connectivity index (χ0) is 12.5. The molecule has 2 aromatic rings. The van der Waals surface area contributed by atoms with Crippen molar-refractivity contribution in [1.82, 2.24) is 0 Å². The second-order valence-corrected chi connectivity index (χ2v) is 5.19. The van der Waals surface area contributed by atoms with Crippen molar-refractivity contribution in [3.63, 3.8) is 0 Å². The molecule has 4 heteroatoms. The van der Waals surface area contributed by atoms with Crippen molar-refractivity contribution >= 4 is 22.9 Å². The maximum Gasteiger partial charge on any atom is 0.122 e. The van der Waals surface area contributed by atoms with Crippen LogP contribution < -0.4 is 0 Å². The van der Waals surface area contributed by atoms with Crippen molar-refractivity contribution in [3.05, 3.63) is 56.7 Å². The van der Waals surface area contributed by atoms with Crippen LogP contribution in [0.3, 0.4) is 0 Å². The van der Waals surface area contributed by atoms with Crippen LogP contribution in [0.25, 0.3) is 0 Å². The number of nitriles is 1. The Hall–Kier alpha value is -1.34. The van der Waals surface area contributed by atoms with Gasteiger partial charge in [-0.2, -0.15) is 5.26 Å². The second kappa shape index (κ2) is 4.50. The molecule has 1 aromatic heterocycles. The van der Waals surface area contributed by atoms with Gasteiger partial charge in [0, 0.05) is 0 Å². The molecule has 0 bridgehead atoms. The molecule has 1 unspecified atom stereocenters. The summed E-state index contributed by atoms with van der Waals surface area (Å²) in [5.41, 5.74) is 0.0225. The molecule has 17 heavy (non-hydrogen) atoms. The third-order valence-electron chi connectivity index (χ3n) is 2.61. The monoisotopic (exact) mass is 263 g/mol. The van der Waals surface area contributed by atoms with Crippen LogP contribution in [0, 0.1) is 11.3 Å². The van der Waals surface area contributed by atoms with Gasteiger partial charge in [-0.1, -0.05) is 23.7 Å². The SMILES string of the molecule is CC(O)(c1cccc(C#N)c1)c1sccc1Cl. The Balaban J connectivity index is 2.52. The Bertz CT molecular complexity index is 583. The molecule has 86 valence electrons. The van der Waals surface area contributed by atoms with Gasteiger partial charge in [0.2, 0.25) is 0 Å². The molecule has 0 fully saturated rings. The fourth-order valence-electron chi connectivity index (χ4n) is 1.66. The first-order valence-electron chi connectivity index (χ1n) is 5.02. The predicted octanol–water partition coefficient (Wildman–Crippen LogP) is 3.53. The maximum absolute atomic E-state index is 10.6. The highest BCUT2D eigenvalue weighted by molar-refractivity contribution is 7.10. The van der Waals surface area contributed by atoms with E-state index >= 15 is 0 Å². The molecule has 1 atom stereocenters. The molecule has 2 nitrogen and oxygen atoms in total. The van der Waals surface area contributed by atoms with Crippen molar-refractivity contribution in [2.75, 3.05) is 0 Å². The highest BCUT2D eigenvalue weighted by Gasteiger charge is 2.29. The minimum atomic E-state index is -1.17. The number of benzene rings is 1. The number of hydrogen-bond acceptors (Lipinski definition) is 3. The highest BCUT2D eigenvalue weighted by atomic mass is 35.5. The number of hydrogen-bond donors (Lipinski definition) is 1. The van der Waals surface area contributed by atoms with E-state index in [-0.39, 0.29) is 0 Å². The Morgan fingerprint density at radius 3 is 2.76 bits per heavy atom. The number of aliphatic hydroxyl groups is 1. The van der Waals surface area contributed by atoms with Crippen molar-refractivity contribution in [2.45, 2.75) is 12.5 Å². The topological polar surface area (TPSA) is 44.0 Å². The van der Waals surface area contributed by atoms with Gasteiger partial charge in [-0.25, -0.2) is 0 Å². The minimum Gasteiger partial charge on any atom is -0.380 e. The summed E-state index contributed by atoms with van der Waals surface area (Å²) in [5.74, 6) is 0. The summed E-state index contributed by atoms with van der Waals surface area (Å²) in [7, 11) is 0. The van der Waals surface area contributed by atoms with E-state index in [1.807, 2.05) is 5.38 Å². The fourth-order valence-corrected chi connectivity index (χ4v) is 2.99. The molecule has 0 saturated carbocycles. The van der Waals surface area contributed by atoms with Gasteiger partial charge in [0.15, 0.2) is 0 Å². The summed E-state index contributed by atoms with van der Waals surface area (Å²) >= 11 is 7.43. The molecule has 0 aliphatic heterocycles. The zero-order valence-corrected chi connectivity index (χ0v) is 10.7. The van der Waals surface area contributed by atoms with Crippen molar-refractivity contribution in [3.8, 4) is 6.07 Å². The summed E-state index contributed by atoms with van der Waals surface area (Å²) in [6, 6.07) is 10.7. The van der Waals surface area contributed by atoms with E-state index in [2.05, 4.69) is 6.07 Å². The Morgan fingerprint density at radius 1 is 1.41 bits per heavy atom. The van der Waals surface area contributed by atoms with Crippen molar-refractivity contribution in [2.24, 2.45) is 0 Å². The van der Waals surface area contributed by atoms with E-state index in [0.717, 1.165) is 0 Å². The van der Waals surface area contributed by atoms with Gasteiger partial charge in [-0.05, 0) is 36.1 Å². The normalized spacial score (nSPS) is 14.0. The first-order valence-corrected chi connectivity index (χ1v) is 6.28. The second-order valence-electron chi connectivity index (χ2n) is 3.86. The molecule has 2 rings (SSSR count). The fraction of sp³-hybridized carbons (Fsp3) is 0.154. The summed E-state index contributed by atoms with van der Waals surface area (Å²) in [6.07, 6.45) is 0. The molecule has 0 spiro atoms. The molecule has 0 saturated heterocycles. The van der Waals surface area contributed by atoms with Gasteiger partial charge in [-0.15, -0.1) is 11.3 Å². The zero-order valence-electron chi connectivity index (χ0n) is 9.14. The Morgan fingerprint density at radius 2 is 2.18 bits per heavy atom. The lowest BCUT2D eigenvalue weighted by Gasteiger charge is -2.23. The van der Waals surface area contributed by atoms with Crippen molar-refractivity contribution in [1.29, 1.82) is 5.26 Å². The van der Waals surface area contributed by atoms with Crippen LogP contribution in [0.2, 0.25) is 5.02 Å². The van der Waals surface area contributed by atoms with Crippen LogP contribution in [-0.2, 0) is 5.60 Å². The molecular formula is C13H10ClNOS. The van der Waals surface area contributed by atoms with Crippen LogP contribution in [0.15, 0.2) is 35.7 Å². The number of rotatable bonds is 2. The van der Waals surface area contributed by atoms with E-state index in [1.165, 1.54) is 11.3 Å². The molecule has 1 aromatic carbocycles. The van der Waals surface area contributed by atoms with Crippen LogP contribution in [-0.4, -0.2) is 5.11 Å². The first kappa shape index (κ1) is 12.1. The Labute approximate surface area is 109 Å². The molecule has 0 amide bonds. The summed E-state index contributed by atoms with van der Waals surface area (Å²) in [5, 5.41) is 21.8. The smallest absolute Gasteiger partial charge is 0.122 e. The van der Waals surface area contributed by atoms with E-state index in [4.69, 9.17) is 16.9 Å². The quantitative estimate of drug-likeness (QED) is 0.901. The summed E-state index contributed by atoms with van der Waals surface area (Å²) in [6.45, 7) is 1.68. The molecule has 1 N–H and O–H groups in total. The highest BCUT2D eigenvalue weighted by Crippen LogP contribution is 2.37. The number of halogens is 1. The van der Waals surface area contributed by atoms with Crippen LogP contribution in [0.1, 0.15) is 22.9 Å². The molecule has 0 radical (unpaired) electrons. The largest absolute Gasteiger partial charge is 0.380 e. The average Bonchev–Trinajstić information content (AvgIpc) is 2.76. The molecule has 0 aliphatic rings. The summed E-state index contributed by atoms with van der Waals surface area (Å²) in [4.78, 5) is 0.689. The van der Waals surface area contributed by atoms with Crippen LogP contribution >= 0.6 is 22.9 Å². The third-order valence-corrected chi connectivity index (χ3v) is 4.17. The van der Waals surface area contributed by atoms with E-state index < -0.39 is 5.60 Å². The lowest BCUT2D eigenvalue weighted by molar-refractivity contribution is 0.106. The van der Waals surface area contributed by atoms with E-state index in [9.17, 15) is 5.11 Å². The number of nitrogens with zero attached hydrogens (tertiary/aromatic N) is 1. The van der Waals surface area contributed by atoms with Gasteiger partial charge in [0.25, 0.3) is 0 Å². The number of thiophene rings is 1. The Kier molecular flexibility index (Phi) is 3.21. The van der Waals surface area contributed by atoms with Gasteiger partial charge >= 0.3 is 0 Å².